The van der Waals surface area contributed by atoms with E-state index in [1.54, 1.807) is 42.1 Å². The lowest BCUT2D eigenvalue weighted by Gasteiger charge is -2.48. The molecule has 0 spiro atoms. The summed E-state index contributed by atoms with van der Waals surface area (Å²) in [5.41, 5.74) is 5.27. The number of fused-ring (bicyclic) bond motifs is 1. The number of nitrogens with zero attached hydrogens (tertiary/aromatic N) is 6. The molecule has 0 radical (unpaired) electrons. The van der Waals surface area contributed by atoms with Gasteiger partial charge in [-0.2, -0.15) is 5.26 Å². The minimum absolute atomic E-state index is 0.0218. The SMILES string of the molecule is Cc1ccc(C(c2cncc(F)c2)N2C[C@H](C)N(c3cc(=O)n(C)c4ccc(C#N)nc34)CC2C)cc1. The molecule has 188 valence electrons. The van der Waals surface area contributed by atoms with Crippen molar-refractivity contribution in [3.63, 3.8) is 0 Å². The Labute approximate surface area is 215 Å². The van der Waals surface area contributed by atoms with Gasteiger partial charge in [-0.1, -0.05) is 29.8 Å². The van der Waals surface area contributed by atoms with E-state index in [9.17, 15) is 14.4 Å². The maximum atomic E-state index is 14.3. The standard InChI is InChI=1S/C29H29FN6O/c1-18-5-7-21(8-6-18)29(22-11-23(30)15-32-14-22)36-17-19(2)35(16-20(36)3)26-12-27(37)34(4)25-10-9-24(13-31)33-28(25)26/h5-12,14-15,19-20,29H,16-17H2,1-4H3/t19-,20?,29?/m0/s1. The molecule has 37 heavy (non-hydrogen) atoms. The van der Waals surface area contributed by atoms with Crippen LogP contribution in [0, 0.1) is 24.1 Å². The first-order valence-corrected chi connectivity index (χ1v) is 12.4. The first kappa shape index (κ1) is 24.6. The smallest absolute Gasteiger partial charge is 0.252 e. The number of pyridine rings is 3. The summed E-state index contributed by atoms with van der Waals surface area (Å²) in [6.45, 7) is 7.61. The third-order valence-corrected chi connectivity index (χ3v) is 7.29. The van der Waals surface area contributed by atoms with E-state index in [4.69, 9.17) is 0 Å². The van der Waals surface area contributed by atoms with Gasteiger partial charge in [0.05, 0.1) is 23.4 Å². The van der Waals surface area contributed by atoms with Crippen molar-refractivity contribution in [2.75, 3.05) is 18.0 Å². The Hall–Kier alpha value is -4.09. The highest BCUT2D eigenvalue weighted by Crippen LogP contribution is 2.36. The van der Waals surface area contributed by atoms with Crippen molar-refractivity contribution in [3.8, 4) is 6.07 Å². The molecule has 0 amide bonds. The normalized spacial score (nSPS) is 19.1. The highest BCUT2D eigenvalue weighted by molar-refractivity contribution is 5.89. The van der Waals surface area contributed by atoms with Gasteiger partial charge < -0.3 is 9.47 Å². The zero-order chi connectivity index (χ0) is 26.3. The van der Waals surface area contributed by atoms with Crippen LogP contribution in [-0.4, -0.2) is 44.6 Å². The van der Waals surface area contributed by atoms with Crippen molar-refractivity contribution in [1.29, 1.82) is 5.26 Å². The largest absolute Gasteiger partial charge is 0.364 e. The van der Waals surface area contributed by atoms with Gasteiger partial charge >= 0.3 is 0 Å². The van der Waals surface area contributed by atoms with Crippen LogP contribution in [0.15, 0.2) is 65.7 Å². The first-order valence-electron chi connectivity index (χ1n) is 12.4. The highest BCUT2D eigenvalue weighted by atomic mass is 19.1. The Morgan fingerprint density at radius 3 is 2.49 bits per heavy atom. The van der Waals surface area contributed by atoms with E-state index in [0.29, 0.717) is 29.8 Å². The third-order valence-electron chi connectivity index (χ3n) is 7.29. The number of aryl methyl sites for hydroxylation is 2. The molecule has 7 nitrogen and oxygen atoms in total. The first-order chi connectivity index (χ1) is 17.8. The number of hydrogen-bond donors (Lipinski definition) is 0. The fourth-order valence-electron chi connectivity index (χ4n) is 5.34. The summed E-state index contributed by atoms with van der Waals surface area (Å²) >= 11 is 0. The Bertz CT molecular complexity index is 1560. The third kappa shape index (κ3) is 4.58. The zero-order valence-electron chi connectivity index (χ0n) is 21.4. The van der Waals surface area contributed by atoms with Gasteiger partial charge in [0.25, 0.3) is 5.56 Å². The van der Waals surface area contributed by atoms with Crippen LogP contribution in [0.4, 0.5) is 10.1 Å². The van der Waals surface area contributed by atoms with E-state index in [2.05, 4.69) is 63.9 Å². The summed E-state index contributed by atoms with van der Waals surface area (Å²) in [6.07, 6.45) is 2.96. The second-order valence-corrected chi connectivity index (χ2v) is 9.90. The summed E-state index contributed by atoms with van der Waals surface area (Å²) in [6, 6.07) is 16.9. The minimum atomic E-state index is -0.361. The summed E-state index contributed by atoms with van der Waals surface area (Å²) < 4.78 is 15.8. The lowest BCUT2D eigenvalue weighted by atomic mass is 9.93. The molecule has 1 aliphatic rings. The van der Waals surface area contributed by atoms with E-state index in [1.807, 2.05) is 6.92 Å². The zero-order valence-corrected chi connectivity index (χ0v) is 21.4. The van der Waals surface area contributed by atoms with E-state index >= 15 is 0 Å². The van der Waals surface area contributed by atoms with Crippen LogP contribution in [-0.2, 0) is 7.05 Å². The summed E-state index contributed by atoms with van der Waals surface area (Å²) in [7, 11) is 1.71. The van der Waals surface area contributed by atoms with Gasteiger partial charge in [-0.15, -0.1) is 0 Å². The number of anilines is 1. The number of aromatic nitrogens is 3. The second-order valence-electron chi connectivity index (χ2n) is 9.90. The van der Waals surface area contributed by atoms with E-state index in [1.165, 1.54) is 6.20 Å². The number of benzene rings is 1. The molecule has 1 aliphatic heterocycles. The van der Waals surface area contributed by atoms with Crippen LogP contribution in [0.3, 0.4) is 0 Å². The van der Waals surface area contributed by atoms with E-state index in [0.717, 1.165) is 22.4 Å². The average molecular weight is 497 g/mol. The van der Waals surface area contributed by atoms with Gasteiger partial charge in [0.1, 0.15) is 23.1 Å². The van der Waals surface area contributed by atoms with E-state index in [-0.39, 0.29) is 29.5 Å². The van der Waals surface area contributed by atoms with E-state index < -0.39 is 0 Å². The van der Waals surface area contributed by atoms with Crippen molar-refractivity contribution < 1.29 is 4.39 Å². The number of rotatable bonds is 4. The predicted molar refractivity (Wildman–Crippen MR) is 142 cm³/mol. The Kier molecular flexibility index (Phi) is 6.48. The molecule has 3 aromatic heterocycles. The highest BCUT2D eigenvalue weighted by Gasteiger charge is 2.36. The van der Waals surface area contributed by atoms with Gasteiger partial charge in [0, 0.05) is 44.5 Å². The summed E-state index contributed by atoms with van der Waals surface area (Å²) in [5, 5.41) is 9.43. The van der Waals surface area contributed by atoms with Gasteiger partial charge in [-0.05, 0) is 50.1 Å². The fraction of sp³-hybridized carbons (Fsp3) is 0.310. The molecular weight excluding hydrogens is 467 g/mol. The lowest BCUT2D eigenvalue weighted by Crippen LogP contribution is -2.57. The molecule has 1 aromatic carbocycles. The average Bonchev–Trinajstić information content (AvgIpc) is 2.89. The molecule has 3 atom stereocenters. The number of nitriles is 1. The van der Waals surface area contributed by atoms with Crippen molar-refractivity contribution in [2.24, 2.45) is 7.05 Å². The quantitative estimate of drug-likeness (QED) is 0.418. The fourth-order valence-corrected chi connectivity index (χ4v) is 5.34. The predicted octanol–water partition coefficient (Wildman–Crippen LogP) is 4.34. The minimum Gasteiger partial charge on any atom is -0.364 e. The van der Waals surface area contributed by atoms with Gasteiger partial charge in [-0.25, -0.2) is 9.37 Å². The van der Waals surface area contributed by atoms with Crippen molar-refractivity contribution in [3.05, 3.63) is 99.5 Å². The van der Waals surface area contributed by atoms with Crippen LogP contribution >= 0.6 is 0 Å². The topological polar surface area (TPSA) is 78.0 Å². The van der Waals surface area contributed by atoms with Crippen LogP contribution in [0.1, 0.15) is 42.3 Å². The molecule has 1 fully saturated rings. The molecule has 8 heteroatoms. The van der Waals surface area contributed by atoms with Crippen LogP contribution < -0.4 is 10.5 Å². The Morgan fingerprint density at radius 1 is 1.03 bits per heavy atom. The maximum Gasteiger partial charge on any atom is 0.252 e. The monoisotopic (exact) mass is 496 g/mol. The van der Waals surface area contributed by atoms with Gasteiger partial charge in [0.2, 0.25) is 0 Å². The Morgan fingerprint density at radius 2 is 1.78 bits per heavy atom. The lowest BCUT2D eigenvalue weighted by molar-refractivity contribution is 0.129. The summed E-state index contributed by atoms with van der Waals surface area (Å²) in [5.74, 6) is -0.361. The maximum absolute atomic E-state index is 14.3. The Balaban J connectivity index is 1.56. The molecule has 4 aromatic rings. The van der Waals surface area contributed by atoms with Gasteiger partial charge in [0.15, 0.2) is 0 Å². The molecule has 4 heterocycles. The van der Waals surface area contributed by atoms with Crippen molar-refractivity contribution in [2.45, 2.75) is 38.9 Å². The number of piperazine rings is 1. The van der Waals surface area contributed by atoms with Crippen LogP contribution in [0.2, 0.25) is 0 Å². The van der Waals surface area contributed by atoms with Crippen molar-refractivity contribution in [1.82, 2.24) is 19.4 Å². The molecule has 0 saturated carbocycles. The number of hydrogen-bond acceptors (Lipinski definition) is 6. The number of halogens is 1. The second kappa shape index (κ2) is 9.75. The van der Waals surface area contributed by atoms with Crippen LogP contribution in [0.5, 0.6) is 0 Å². The molecule has 2 unspecified atom stereocenters. The molecule has 5 rings (SSSR count). The van der Waals surface area contributed by atoms with Crippen LogP contribution in [0.25, 0.3) is 11.0 Å². The van der Waals surface area contributed by atoms with Crippen molar-refractivity contribution >= 4 is 16.7 Å². The molecule has 0 aliphatic carbocycles. The molecular formula is C29H29FN6O. The molecule has 1 saturated heterocycles. The summed E-state index contributed by atoms with van der Waals surface area (Å²) in [4.78, 5) is 26.1. The molecule has 0 N–H and O–H groups in total. The molecule has 0 bridgehead atoms. The van der Waals surface area contributed by atoms with Gasteiger partial charge in [-0.3, -0.25) is 14.7 Å².